The molecule has 1 aromatic rings. The van der Waals surface area contributed by atoms with Gasteiger partial charge in [0.25, 0.3) is 0 Å². The van der Waals surface area contributed by atoms with Crippen molar-refractivity contribution in [3.05, 3.63) is 24.3 Å². The predicted molar refractivity (Wildman–Crippen MR) is 89.7 cm³/mol. The number of rotatable bonds is 7. The van der Waals surface area contributed by atoms with Crippen LogP contribution in [0.3, 0.4) is 0 Å². The molecular weight excluding hydrogens is 282 g/mol. The predicted octanol–water partition coefficient (Wildman–Crippen LogP) is 2.60. The molecule has 1 saturated heterocycles. The Kier molecular flexibility index (Phi) is 6.39. The molecule has 0 saturated carbocycles. The molecule has 2 atom stereocenters. The van der Waals surface area contributed by atoms with Gasteiger partial charge in [0.2, 0.25) is 5.91 Å². The highest BCUT2D eigenvalue weighted by molar-refractivity contribution is 8.00. The number of hydrogen-bond donors (Lipinski definition) is 3. The molecule has 0 aliphatic carbocycles. The summed E-state index contributed by atoms with van der Waals surface area (Å²) >= 11 is 1.49. The van der Waals surface area contributed by atoms with E-state index < -0.39 is 0 Å². The molecule has 2 rings (SSSR count). The molecule has 0 spiro atoms. The van der Waals surface area contributed by atoms with Gasteiger partial charge in [-0.15, -0.1) is 11.8 Å². The van der Waals surface area contributed by atoms with E-state index in [1.807, 2.05) is 18.2 Å². The van der Waals surface area contributed by atoms with Crippen LogP contribution in [0.25, 0.3) is 0 Å². The van der Waals surface area contributed by atoms with E-state index in [1.54, 1.807) is 0 Å². The number of primary amides is 1. The minimum absolute atomic E-state index is 0.283. The van der Waals surface area contributed by atoms with Gasteiger partial charge in [0.1, 0.15) is 0 Å². The van der Waals surface area contributed by atoms with Crippen molar-refractivity contribution in [1.82, 2.24) is 5.32 Å². The standard InChI is InChI=1S/C16H25N3OS/c1-12(10-13-6-4-5-9-18-13)19-14-7-2-3-8-15(14)21-11-16(17)20/h2-3,7-8,12-13,18-19H,4-6,9-11H2,1H3,(H2,17,20). The van der Waals surface area contributed by atoms with Crippen LogP contribution in [0.2, 0.25) is 0 Å². The minimum atomic E-state index is -0.283. The molecule has 1 aliphatic rings. The first kappa shape index (κ1) is 16.2. The molecule has 21 heavy (non-hydrogen) atoms. The van der Waals surface area contributed by atoms with Gasteiger partial charge in [-0.3, -0.25) is 4.79 Å². The summed E-state index contributed by atoms with van der Waals surface area (Å²) < 4.78 is 0. The van der Waals surface area contributed by atoms with Crippen LogP contribution in [-0.4, -0.2) is 30.3 Å². The number of piperidine rings is 1. The Morgan fingerprint density at radius 3 is 3.00 bits per heavy atom. The van der Waals surface area contributed by atoms with Crippen molar-refractivity contribution in [1.29, 1.82) is 0 Å². The van der Waals surface area contributed by atoms with E-state index in [0.29, 0.717) is 17.8 Å². The van der Waals surface area contributed by atoms with Gasteiger partial charge in [-0.25, -0.2) is 0 Å². The van der Waals surface area contributed by atoms with Crippen LogP contribution in [0.4, 0.5) is 5.69 Å². The normalized spacial score (nSPS) is 20.0. The summed E-state index contributed by atoms with van der Waals surface area (Å²) in [6, 6.07) is 9.11. The van der Waals surface area contributed by atoms with Gasteiger partial charge in [-0.05, 0) is 44.9 Å². The Morgan fingerprint density at radius 2 is 2.29 bits per heavy atom. The number of carbonyl (C=O) groups excluding carboxylic acids is 1. The number of para-hydroxylation sites is 1. The number of hydrogen-bond acceptors (Lipinski definition) is 4. The second kappa shape index (κ2) is 8.29. The first-order valence-corrected chi connectivity index (χ1v) is 8.64. The van der Waals surface area contributed by atoms with Crippen LogP contribution >= 0.6 is 11.8 Å². The second-order valence-corrected chi connectivity index (χ2v) is 6.70. The van der Waals surface area contributed by atoms with Gasteiger partial charge >= 0.3 is 0 Å². The first-order valence-electron chi connectivity index (χ1n) is 7.65. The molecule has 1 fully saturated rings. The Morgan fingerprint density at radius 1 is 1.48 bits per heavy atom. The van der Waals surface area contributed by atoms with Crippen LogP contribution in [0.1, 0.15) is 32.6 Å². The highest BCUT2D eigenvalue weighted by atomic mass is 32.2. The molecule has 4 N–H and O–H groups in total. The fourth-order valence-electron chi connectivity index (χ4n) is 2.74. The lowest BCUT2D eigenvalue weighted by molar-refractivity contribution is -0.115. The molecule has 2 unspecified atom stereocenters. The zero-order valence-corrected chi connectivity index (χ0v) is 13.4. The Labute approximate surface area is 131 Å². The van der Waals surface area contributed by atoms with Crippen molar-refractivity contribution >= 4 is 23.4 Å². The molecule has 116 valence electrons. The zero-order valence-electron chi connectivity index (χ0n) is 12.6. The molecule has 1 aliphatic heterocycles. The summed E-state index contributed by atoms with van der Waals surface area (Å²) in [6.45, 7) is 3.36. The third-order valence-electron chi connectivity index (χ3n) is 3.71. The van der Waals surface area contributed by atoms with Crippen molar-refractivity contribution in [3.63, 3.8) is 0 Å². The third-order valence-corrected chi connectivity index (χ3v) is 4.81. The Bertz CT molecular complexity index is 461. The molecule has 4 nitrogen and oxygen atoms in total. The minimum Gasteiger partial charge on any atom is -0.382 e. The molecule has 0 radical (unpaired) electrons. The number of benzene rings is 1. The van der Waals surface area contributed by atoms with Gasteiger partial charge in [0.05, 0.1) is 5.75 Å². The van der Waals surface area contributed by atoms with Gasteiger partial charge in [0.15, 0.2) is 0 Å². The summed E-state index contributed by atoms with van der Waals surface area (Å²) in [7, 11) is 0. The maximum absolute atomic E-state index is 10.9. The van der Waals surface area contributed by atoms with Crippen molar-refractivity contribution in [3.8, 4) is 0 Å². The van der Waals surface area contributed by atoms with Crippen LogP contribution in [-0.2, 0) is 4.79 Å². The lowest BCUT2D eigenvalue weighted by Crippen LogP contribution is -2.37. The average molecular weight is 307 g/mol. The highest BCUT2D eigenvalue weighted by Gasteiger charge is 2.16. The summed E-state index contributed by atoms with van der Waals surface area (Å²) in [5.74, 6) is 0.0336. The largest absolute Gasteiger partial charge is 0.382 e. The maximum Gasteiger partial charge on any atom is 0.227 e. The number of amides is 1. The van der Waals surface area contributed by atoms with Crippen molar-refractivity contribution in [2.24, 2.45) is 5.73 Å². The molecule has 1 aromatic carbocycles. The SMILES string of the molecule is CC(CC1CCCCN1)Nc1ccccc1SCC(N)=O. The van der Waals surface area contributed by atoms with E-state index in [1.165, 1.54) is 31.0 Å². The van der Waals surface area contributed by atoms with Gasteiger partial charge in [-0.2, -0.15) is 0 Å². The van der Waals surface area contributed by atoms with Gasteiger partial charge in [-0.1, -0.05) is 18.6 Å². The summed E-state index contributed by atoms with van der Waals surface area (Å²) in [6.07, 6.45) is 5.01. The number of nitrogens with two attached hydrogens (primary N) is 1. The summed E-state index contributed by atoms with van der Waals surface area (Å²) in [4.78, 5) is 12.0. The lowest BCUT2D eigenvalue weighted by atomic mass is 9.99. The summed E-state index contributed by atoms with van der Waals surface area (Å²) in [5.41, 5.74) is 6.32. The lowest BCUT2D eigenvalue weighted by Gasteiger charge is -2.27. The zero-order chi connectivity index (χ0) is 15.1. The number of anilines is 1. The molecule has 0 bridgehead atoms. The number of nitrogens with one attached hydrogen (secondary N) is 2. The van der Waals surface area contributed by atoms with Gasteiger partial charge in [0, 0.05) is 22.7 Å². The summed E-state index contributed by atoms with van der Waals surface area (Å²) in [5, 5.41) is 7.15. The Balaban J connectivity index is 1.89. The fourth-order valence-corrected chi connectivity index (χ4v) is 3.49. The van der Waals surface area contributed by atoms with Crippen molar-refractivity contribution in [2.45, 2.75) is 49.6 Å². The molecular formula is C16H25N3OS. The second-order valence-electron chi connectivity index (χ2n) is 5.68. The number of thioether (sulfide) groups is 1. The van der Waals surface area contributed by atoms with Crippen LogP contribution < -0.4 is 16.4 Å². The molecule has 1 amide bonds. The van der Waals surface area contributed by atoms with Gasteiger partial charge < -0.3 is 16.4 Å². The monoisotopic (exact) mass is 307 g/mol. The van der Waals surface area contributed by atoms with Crippen molar-refractivity contribution < 1.29 is 4.79 Å². The van der Waals surface area contributed by atoms with E-state index in [4.69, 9.17) is 5.73 Å². The maximum atomic E-state index is 10.9. The molecule has 0 aromatic heterocycles. The van der Waals surface area contributed by atoms with E-state index in [0.717, 1.165) is 23.5 Å². The molecule has 1 heterocycles. The van der Waals surface area contributed by atoms with E-state index >= 15 is 0 Å². The number of carbonyl (C=O) groups is 1. The average Bonchev–Trinajstić information content (AvgIpc) is 2.47. The van der Waals surface area contributed by atoms with E-state index in [2.05, 4.69) is 23.6 Å². The van der Waals surface area contributed by atoms with Crippen molar-refractivity contribution in [2.75, 3.05) is 17.6 Å². The van der Waals surface area contributed by atoms with Crippen LogP contribution in [0, 0.1) is 0 Å². The highest BCUT2D eigenvalue weighted by Crippen LogP contribution is 2.27. The topological polar surface area (TPSA) is 67.2 Å². The first-order chi connectivity index (χ1) is 10.1. The van der Waals surface area contributed by atoms with Crippen LogP contribution in [0.5, 0.6) is 0 Å². The molecule has 5 heteroatoms. The quantitative estimate of drug-likeness (QED) is 0.677. The smallest absolute Gasteiger partial charge is 0.227 e. The fraction of sp³-hybridized carbons (Fsp3) is 0.562. The van der Waals surface area contributed by atoms with E-state index in [9.17, 15) is 4.79 Å². The third kappa shape index (κ3) is 5.59. The Hall–Kier alpha value is -1.20. The van der Waals surface area contributed by atoms with E-state index in [-0.39, 0.29) is 5.91 Å². The van der Waals surface area contributed by atoms with Crippen LogP contribution in [0.15, 0.2) is 29.2 Å².